The zero-order valence-electron chi connectivity index (χ0n) is 14.0. The molecule has 0 saturated heterocycles. The molecule has 0 bridgehead atoms. The van der Waals surface area contributed by atoms with Crippen LogP contribution in [0.2, 0.25) is 0 Å². The lowest BCUT2D eigenvalue weighted by molar-refractivity contribution is 0.108. The van der Waals surface area contributed by atoms with Crippen LogP contribution in [0.25, 0.3) is 0 Å². The van der Waals surface area contributed by atoms with E-state index in [0.29, 0.717) is 17.4 Å². The summed E-state index contributed by atoms with van der Waals surface area (Å²) in [6, 6.07) is 11.9. The van der Waals surface area contributed by atoms with Crippen molar-refractivity contribution in [3.63, 3.8) is 0 Å². The van der Waals surface area contributed by atoms with Gasteiger partial charge in [0.05, 0.1) is 0 Å². The highest BCUT2D eigenvalue weighted by Crippen LogP contribution is 2.25. The van der Waals surface area contributed by atoms with Gasteiger partial charge < -0.3 is 0 Å². The van der Waals surface area contributed by atoms with Gasteiger partial charge in [-0.15, -0.1) is 0 Å². The van der Waals surface area contributed by atoms with Gasteiger partial charge in [0.15, 0.2) is 0 Å². The predicted molar refractivity (Wildman–Crippen MR) is 114 cm³/mol. The molecule has 2 aromatic carbocycles. The molecular weight excluding hydrogens is 519 g/mol. The number of carbonyl (C=O) groups is 1. The number of benzene rings is 2. The summed E-state index contributed by atoms with van der Waals surface area (Å²) in [7, 11) is 0. The third-order valence-electron chi connectivity index (χ3n) is 3.37. The molecule has 0 unspecified atom stereocenters. The van der Waals surface area contributed by atoms with Crippen molar-refractivity contribution < 1.29 is 4.79 Å². The summed E-state index contributed by atoms with van der Waals surface area (Å²) in [5.41, 5.74) is 3.00. The van der Waals surface area contributed by atoms with Gasteiger partial charge in [0.25, 0.3) is 5.24 Å². The predicted octanol–water partition coefficient (Wildman–Crippen LogP) is 8.29. The van der Waals surface area contributed by atoms with E-state index in [4.69, 9.17) is 11.6 Å². The van der Waals surface area contributed by atoms with E-state index in [1.165, 1.54) is 5.56 Å². The second-order valence-corrected chi connectivity index (χ2v) is 9.15. The zero-order valence-corrected chi connectivity index (χ0v) is 19.6. The quantitative estimate of drug-likeness (QED) is 0.359. The summed E-state index contributed by atoms with van der Waals surface area (Å²) in [5, 5.41) is -0.414. The van der Waals surface area contributed by atoms with Crippen LogP contribution >= 0.6 is 59.4 Å². The van der Waals surface area contributed by atoms with E-state index in [0.717, 1.165) is 19.0 Å². The molecule has 0 heterocycles. The standard InChI is InChI=1S/C10H10BrClO.C9H10Br2/c1-6(2)7-3-8(10(12)13)5-9(11)4-7;1-6(2)7-3-8(10)5-9(11)4-7/h3-6H,1-2H3;3-6H,1-2H3. The van der Waals surface area contributed by atoms with Gasteiger partial charge in [-0.25, -0.2) is 0 Å². The summed E-state index contributed by atoms with van der Waals surface area (Å²) < 4.78 is 3.16. The van der Waals surface area contributed by atoms with Crippen molar-refractivity contribution in [2.45, 2.75) is 39.5 Å². The molecule has 0 spiro atoms. The Balaban J connectivity index is 0.000000243. The first-order valence-electron chi connectivity index (χ1n) is 7.56. The maximum atomic E-state index is 10.9. The maximum absolute atomic E-state index is 10.9. The maximum Gasteiger partial charge on any atom is 0.252 e. The summed E-state index contributed by atoms with van der Waals surface area (Å²) in [5.74, 6) is 0.982. The van der Waals surface area contributed by atoms with E-state index >= 15 is 0 Å². The number of halogens is 4. The normalized spacial score (nSPS) is 10.6. The lowest BCUT2D eigenvalue weighted by atomic mass is 10.0. The highest BCUT2D eigenvalue weighted by atomic mass is 79.9. The van der Waals surface area contributed by atoms with E-state index < -0.39 is 5.24 Å². The average molecular weight is 540 g/mol. The topological polar surface area (TPSA) is 17.1 Å². The largest absolute Gasteiger partial charge is 0.276 e. The van der Waals surface area contributed by atoms with Gasteiger partial charge in [-0.3, -0.25) is 4.79 Å². The Bertz CT molecular complexity index is 692. The molecular formula is C19H20Br3ClO. The molecule has 0 aliphatic rings. The van der Waals surface area contributed by atoms with Gasteiger partial charge in [0.2, 0.25) is 0 Å². The van der Waals surface area contributed by atoms with E-state index in [1.54, 1.807) is 6.07 Å². The smallest absolute Gasteiger partial charge is 0.252 e. The van der Waals surface area contributed by atoms with E-state index in [1.807, 2.05) is 18.2 Å². The summed E-state index contributed by atoms with van der Waals surface area (Å²) in [6.45, 7) is 8.52. The second kappa shape index (κ2) is 10.1. The minimum absolute atomic E-state index is 0.396. The molecule has 0 atom stereocenters. The van der Waals surface area contributed by atoms with Crippen molar-refractivity contribution in [3.05, 3.63) is 66.5 Å². The Morgan fingerprint density at radius 3 is 1.50 bits per heavy atom. The van der Waals surface area contributed by atoms with Crippen LogP contribution in [0.5, 0.6) is 0 Å². The van der Waals surface area contributed by atoms with Crippen LogP contribution in [0.1, 0.15) is 61.0 Å². The van der Waals surface area contributed by atoms with Crippen molar-refractivity contribution in [2.24, 2.45) is 0 Å². The molecule has 0 radical (unpaired) electrons. The molecule has 2 rings (SSSR count). The van der Waals surface area contributed by atoms with Crippen molar-refractivity contribution in [2.75, 3.05) is 0 Å². The first-order valence-corrected chi connectivity index (χ1v) is 10.3. The van der Waals surface area contributed by atoms with Crippen LogP contribution < -0.4 is 0 Å². The van der Waals surface area contributed by atoms with Crippen LogP contribution in [0.15, 0.2) is 49.8 Å². The van der Waals surface area contributed by atoms with Crippen LogP contribution in [-0.4, -0.2) is 5.24 Å². The number of rotatable bonds is 3. The van der Waals surface area contributed by atoms with Gasteiger partial charge in [0.1, 0.15) is 0 Å². The Morgan fingerprint density at radius 1 is 0.750 bits per heavy atom. The van der Waals surface area contributed by atoms with Crippen molar-refractivity contribution in [3.8, 4) is 0 Å². The molecule has 0 N–H and O–H groups in total. The molecule has 0 aliphatic carbocycles. The molecule has 0 fully saturated rings. The third kappa shape index (κ3) is 7.38. The van der Waals surface area contributed by atoms with Crippen molar-refractivity contribution in [1.29, 1.82) is 0 Å². The Hall–Kier alpha value is -0.160. The summed E-state index contributed by atoms with van der Waals surface area (Å²) in [6.07, 6.45) is 0. The highest BCUT2D eigenvalue weighted by Gasteiger charge is 2.07. The molecule has 0 saturated carbocycles. The average Bonchev–Trinajstić information content (AvgIpc) is 2.46. The fourth-order valence-corrected chi connectivity index (χ4v) is 3.92. The number of hydrogen-bond donors (Lipinski definition) is 0. The van der Waals surface area contributed by atoms with Crippen LogP contribution in [0.3, 0.4) is 0 Å². The van der Waals surface area contributed by atoms with E-state index in [2.05, 4.69) is 87.6 Å². The van der Waals surface area contributed by atoms with Crippen LogP contribution in [0.4, 0.5) is 0 Å². The van der Waals surface area contributed by atoms with Crippen LogP contribution in [-0.2, 0) is 0 Å². The first-order chi connectivity index (χ1) is 11.1. The molecule has 1 nitrogen and oxygen atoms in total. The van der Waals surface area contributed by atoms with Gasteiger partial charge in [-0.2, -0.15) is 0 Å². The monoisotopic (exact) mass is 536 g/mol. The zero-order chi connectivity index (χ0) is 18.4. The Morgan fingerprint density at radius 2 is 1.12 bits per heavy atom. The molecule has 24 heavy (non-hydrogen) atoms. The first kappa shape index (κ1) is 21.9. The molecule has 130 valence electrons. The molecule has 0 aromatic heterocycles. The minimum Gasteiger partial charge on any atom is -0.276 e. The molecule has 0 amide bonds. The Labute approximate surface area is 174 Å². The van der Waals surface area contributed by atoms with Gasteiger partial charge >= 0.3 is 0 Å². The summed E-state index contributed by atoms with van der Waals surface area (Å²) >= 11 is 15.6. The molecule has 0 aliphatic heterocycles. The highest BCUT2D eigenvalue weighted by molar-refractivity contribution is 9.11. The van der Waals surface area contributed by atoms with Gasteiger partial charge in [-0.1, -0.05) is 75.5 Å². The molecule has 2 aromatic rings. The second-order valence-electron chi connectivity index (χ2n) is 6.06. The summed E-state index contributed by atoms with van der Waals surface area (Å²) in [4.78, 5) is 10.9. The lowest BCUT2D eigenvalue weighted by Gasteiger charge is -2.07. The minimum atomic E-state index is -0.414. The molecule has 5 heteroatoms. The van der Waals surface area contributed by atoms with E-state index in [9.17, 15) is 4.79 Å². The third-order valence-corrected chi connectivity index (χ3v) is 4.96. The Kier molecular flexibility index (Phi) is 9.21. The SMILES string of the molecule is CC(C)c1cc(Br)cc(Br)c1.CC(C)c1cc(Br)cc(C(=O)Cl)c1. The fraction of sp³-hybridized carbons (Fsp3) is 0.316. The number of carbonyl (C=O) groups excluding carboxylic acids is 1. The number of hydrogen-bond acceptors (Lipinski definition) is 1. The van der Waals surface area contributed by atoms with Crippen molar-refractivity contribution in [1.82, 2.24) is 0 Å². The van der Waals surface area contributed by atoms with Crippen molar-refractivity contribution >= 4 is 64.6 Å². The fourth-order valence-electron chi connectivity index (χ4n) is 1.97. The van der Waals surface area contributed by atoms with Gasteiger partial charge in [0, 0.05) is 19.0 Å². The van der Waals surface area contributed by atoms with E-state index in [-0.39, 0.29) is 0 Å². The van der Waals surface area contributed by atoms with Crippen LogP contribution in [0, 0.1) is 0 Å². The lowest BCUT2D eigenvalue weighted by Crippen LogP contribution is -1.94. The van der Waals surface area contributed by atoms with Gasteiger partial charge in [-0.05, 0) is 71.0 Å².